The van der Waals surface area contributed by atoms with Crippen molar-refractivity contribution in [2.24, 2.45) is 0 Å². The van der Waals surface area contributed by atoms with Gasteiger partial charge in [0.2, 0.25) is 0 Å². The van der Waals surface area contributed by atoms with Crippen molar-refractivity contribution in [3.63, 3.8) is 0 Å². The van der Waals surface area contributed by atoms with Gasteiger partial charge >= 0.3 is 5.97 Å². The van der Waals surface area contributed by atoms with Crippen LogP contribution in [0.4, 0.5) is 0 Å². The van der Waals surface area contributed by atoms with Gasteiger partial charge in [-0.15, -0.1) is 0 Å². The van der Waals surface area contributed by atoms with E-state index in [0.29, 0.717) is 0 Å². The van der Waals surface area contributed by atoms with Gasteiger partial charge in [0.1, 0.15) is 11.7 Å². The number of rotatable bonds is 2. The minimum Gasteiger partial charge on any atom is -0.456 e. The van der Waals surface area contributed by atoms with E-state index in [4.69, 9.17) is 9.16 Å². The lowest BCUT2D eigenvalue weighted by atomic mass is 9.91. The highest BCUT2D eigenvalue weighted by atomic mass is 28.4. The Morgan fingerprint density at radius 2 is 1.89 bits per heavy atom. The van der Waals surface area contributed by atoms with Gasteiger partial charge in [-0.1, -0.05) is 27.4 Å². The van der Waals surface area contributed by atoms with Crippen molar-refractivity contribution in [3.05, 3.63) is 12.2 Å². The molecule has 4 heteroatoms. The van der Waals surface area contributed by atoms with Gasteiger partial charge in [-0.2, -0.15) is 0 Å². The molecule has 0 aromatic heterocycles. The van der Waals surface area contributed by atoms with E-state index in [0.717, 1.165) is 5.57 Å². The minimum absolute atomic E-state index is 0.130. The van der Waals surface area contributed by atoms with E-state index in [-0.39, 0.29) is 23.5 Å². The minimum atomic E-state index is -1.90. The highest BCUT2D eigenvalue weighted by Gasteiger charge is 2.47. The van der Waals surface area contributed by atoms with E-state index in [1.807, 2.05) is 13.8 Å². The summed E-state index contributed by atoms with van der Waals surface area (Å²) in [5.74, 6) is -0.208. The zero-order valence-electron chi connectivity index (χ0n) is 12.7. The first-order chi connectivity index (χ1) is 7.87. The van der Waals surface area contributed by atoms with Crippen molar-refractivity contribution < 1.29 is 14.0 Å². The molecule has 0 spiro atoms. The lowest BCUT2D eigenvalue weighted by Gasteiger charge is -2.46. The van der Waals surface area contributed by atoms with Gasteiger partial charge in [0.25, 0.3) is 0 Å². The molecule has 1 aliphatic rings. The van der Waals surface area contributed by atoms with E-state index in [2.05, 4.69) is 40.4 Å². The number of hydrogen-bond acceptors (Lipinski definition) is 3. The quantitative estimate of drug-likeness (QED) is 0.436. The lowest BCUT2D eigenvalue weighted by Crippen LogP contribution is -2.54. The van der Waals surface area contributed by atoms with Crippen molar-refractivity contribution in [1.29, 1.82) is 0 Å². The van der Waals surface area contributed by atoms with Crippen molar-refractivity contribution in [2.45, 2.75) is 70.9 Å². The fourth-order valence-corrected chi connectivity index (χ4v) is 3.24. The molecule has 3 nitrogen and oxygen atoms in total. The third-order valence-corrected chi connectivity index (χ3v) is 8.41. The summed E-state index contributed by atoms with van der Waals surface area (Å²) in [5, 5.41) is 0.130. The second kappa shape index (κ2) is 4.49. The number of hydrogen-bond donors (Lipinski definition) is 0. The van der Waals surface area contributed by atoms with Gasteiger partial charge in [-0.05, 0) is 37.6 Å². The Labute approximate surface area is 112 Å². The van der Waals surface area contributed by atoms with Crippen LogP contribution in [-0.2, 0) is 14.0 Å². The molecular weight excluding hydrogens is 244 g/mol. The number of cyclic esters (lactones) is 1. The van der Waals surface area contributed by atoms with Gasteiger partial charge in [-0.3, -0.25) is 4.79 Å². The summed E-state index contributed by atoms with van der Waals surface area (Å²) in [6, 6.07) is 0. The summed E-state index contributed by atoms with van der Waals surface area (Å²) in [4.78, 5) is 11.5. The first kappa shape index (κ1) is 15.4. The van der Waals surface area contributed by atoms with Crippen molar-refractivity contribution in [3.8, 4) is 0 Å². The monoisotopic (exact) mass is 270 g/mol. The first-order valence-corrected chi connectivity index (χ1v) is 9.35. The Bertz CT molecular complexity index is 364. The molecule has 1 fully saturated rings. The Kier molecular flexibility index (Phi) is 3.85. The maximum atomic E-state index is 11.5. The van der Waals surface area contributed by atoms with E-state index >= 15 is 0 Å². The van der Waals surface area contributed by atoms with E-state index in [1.54, 1.807) is 0 Å². The maximum absolute atomic E-state index is 11.5. The normalized spacial score (nSPS) is 24.9. The summed E-state index contributed by atoms with van der Waals surface area (Å²) in [6.45, 7) is 18.8. The number of carbonyl (C=O) groups excluding carboxylic acids is 1. The van der Waals surface area contributed by atoms with Crippen molar-refractivity contribution in [1.82, 2.24) is 0 Å². The Morgan fingerprint density at radius 1 is 1.39 bits per heavy atom. The standard InChI is InChI=1S/C14H26O3Si/c1-10-9-11(15)16-14(5,6)12(10)17-18(7,8)13(2,3)4/h12H,1,9H2,2-8H3. The summed E-state index contributed by atoms with van der Waals surface area (Å²) >= 11 is 0. The first-order valence-electron chi connectivity index (χ1n) is 6.44. The average Bonchev–Trinajstić information content (AvgIpc) is 2.08. The molecule has 18 heavy (non-hydrogen) atoms. The smallest absolute Gasteiger partial charge is 0.310 e. The van der Waals surface area contributed by atoms with Crippen LogP contribution in [0.3, 0.4) is 0 Å². The van der Waals surface area contributed by atoms with Crippen LogP contribution in [0.25, 0.3) is 0 Å². The maximum Gasteiger partial charge on any atom is 0.310 e. The molecule has 0 amide bonds. The van der Waals surface area contributed by atoms with Crippen LogP contribution in [0.15, 0.2) is 12.2 Å². The molecule has 1 heterocycles. The molecule has 104 valence electrons. The average molecular weight is 270 g/mol. The predicted molar refractivity (Wildman–Crippen MR) is 76.0 cm³/mol. The van der Waals surface area contributed by atoms with Crippen LogP contribution in [0.5, 0.6) is 0 Å². The molecular formula is C14H26O3Si. The number of ether oxygens (including phenoxy) is 1. The summed E-state index contributed by atoms with van der Waals surface area (Å²) in [6.07, 6.45) is 0.0685. The molecule has 1 atom stereocenters. The molecule has 0 saturated carbocycles. The molecule has 1 aliphatic heterocycles. The summed E-state index contributed by atoms with van der Waals surface area (Å²) < 4.78 is 11.8. The van der Waals surface area contributed by atoms with Crippen LogP contribution in [0.1, 0.15) is 41.0 Å². The van der Waals surface area contributed by atoms with Crippen LogP contribution in [-0.4, -0.2) is 26.0 Å². The molecule has 0 aliphatic carbocycles. The Morgan fingerprint density at radius 3 is 2.28 bits per heavy atom. The highest BCUT2D eigenvalue weighted by Crippen LogP contribution is 2.41. The molecule has 1 rings (SSSR count). The second-order valence-electron chi connectivity index (χ2n) is 7.17. The third-order valence-electron chi connectivity index (χ3n) is 3.97. The summed E-state index contributed by atoms with van der Waals surface area (Å²) in [7, 11) is -1.90. The second-order valence-corrected chi connectivity index (χ2v) is 11.9. The third kappa shape index (κ3) is 3.04. The fraction of sp³-hybridized carbons (Fsp3) is 0.786. The van der Waals surface area contributed by atoms with Gasteiger partial charge in [0.05, 0.1) is 6.42 Å². The highest BCUT2D eigenvalue weighted by molar-refractivity contribution is 6.74. The van der Waals surface area contributed by atoms with E-state index < -0.39 is 13.9 Å². The van der Waals surface area contributed by atoms with Gasteiger partial charge in [-0.25, -0.2) is 0 Å². The molecule has 1 unspecified atom stereocenters. The van der Waals surface area contributed by atoms with Gasteiger partial charge in [0, 0.05) is 0 Å². The Hall–Kier alpha value is -0.613. The topological polar surface area (TPSA) is 35.5 Å². The molecule has 1 saturated heterocycles. The van der Waals surface area contributed by atoms with E-state index in [1.165, 1.54) is 0 Å². The van der Waals surface area contributed by atoms with E-state index in [9.17, 15) is 4.79 Å². The predicted octanol–water partition coefficient (Wildman–Crippen LogP) is 3.66. The Balaban J connectivity index is 2.95. The van der Waals surface area contributed by atoms with Crippen molar-refractivity contribution >= 4 is 14.3 Å². The zero-order valence-corrected chi connectivity index (χ0v) is 13.7. The van der Waals surface area contributed by atoms with Gasteiger partial charge in [0.15, 0.2) is 8.32 Å². The molecule has 0 aromatic carbocycles. The molecule has 0 N–H and O–H groups in total. The zero-order chi connectivity index (χ0) is 14.4. The number of carbonyl (C=O) groups is 1. The molecule has 0 radical (unpaired) electrons. The number of esters is 1. The SMILES string of the molecule is C=C1CC(=O)OC(C)(C)C1O[Si](C)(C)C(C)(C)C. The fourth-order valence-electron chi connectivity index (χ4n) is 1.85. The van der Waals surface area contributed by atoms with Crippen LogP contribution >= 0.6 is 0 Å². The lowest BCUT2D eigenvalue weighted by molar-refractivity contribution is -0.169. The molecule has 0 bridgehead atoms. The van der Waals surface area contributed by atoms with Gasteiger partial charge < -0.3 is 9.16 Å². The van der Waals surface area contributed by atoms with Crippen LogP contribution in [0.2, 0.25) is 18.1 Å². The largest absolute Gasteiger partial charge is 0.456 e. The molecule has 0 aromatic rings. The van der Waals surface area contributed by atoms with Crippen LogP contribution < -0.4 is 0 Å². The summed E-state index contributed by atoms with van der Waals surface area (Å²) in [5.41, 5.74) is 0.211. The van der Waals surface area contributed by atoms with Crippen molar-refractivity contribution in [2.75, 3.05) is 0 Å². The van der Waals surface area contributed by atoms with Crippen LogP contribution in [0, 0.1) is 0 Å².